The molecule has 0 unspecified atom stereocenters. The van der Waals surface area contributed by atoms with Gasteiger partial charge >= 0.3 is 6.18 Å². The van der Waals surface area contributed by atoms with Crippen molar-refractivity contribution in [3.05, 3.63) is 54.1 Å². The van der Waals surface area contributed by atoms with Crippen LogP contribution in [-0.4, -0.2) is 15.0 Å². The summed E-state index contributed by atoms with van der Waals surface area (Å²) in [5.74, 6) is 0.821. The van der Waals surface area contributed by atoms with Crippen LogP contribution in [0.15, 0.2) is 48.5 Å². The molecule has 0 radical (unpaired) electrons. The lowest BCUT2D eigenvalue weighted by Crippen LogP contribution is -2.05. The number of benzene rings is 2. The number of para-hydroxylation sites is 2. The highest BCUT2D eigenvalue weighted by Gasteiger charge is 2.30. The van der Waals surface area contributed by atoms with Gasteiger partial charge in [0.25, 0.3) is 0 Å². The number of anilines is 3. The van der Waals surface area contributed by atoms with Gasteiger partial charge in [0.2, 0.25) is 0 Å². The first-order valence-electron chi connectivity index (χ1n) is 7.56. The Balaban J connectivity index is 1.65. The third-order valence-corrected chi connectivity index (χ3v) is 4.69. The summed E-state index contributed by atoms with van der Waals surface area (Å²) >= 11 is 1.21. The van der Waals surface area contributed by atoms with Gasteiger partial charge in [-0.1, -0.05) is 29.5 Å². The van der Waals surface area contributed by atoms with Gasteiger partial charge in [-0.3, -0.25) is 0 Å². The van der Waals surface area contributed by atoms with Crippen LogP contribution < -0.4 is 11.1 Å². The Morgan fingerprint density at radius 1 is 1.04 bits per heavy atom. The number of H-pyrrole nitrogens is 1. The zero-order valence-corrected chi connectivity index (χ0v) is 13.9. The summed E-state index contributed by atoms with van der Waals surface area (Å²) < 4.78 is 38.5. The highest BCUT2D eigenvalue weighted by molar-refractivity contribution is 7.19. The predicted molar refractivity (Wildman–Crippen MR) is 96.3 cm³/mol. The van der Waals surface area contributed by atoms with E-state index < -0.39 is 11.7 Å². The zero-order valence-electron chi connectivity index (χ0n) is 13.1. The molecule has 0 saturated heterocycles. The standard InChI is InChI=1S/C17H12F3N5S/c18-17(19,20)9-4-3-5-10(8-9)22-16-25-14(21)13(26-16)15-23-11-6-1-2-7-12(11)24-15/h1-8H,21H2,(H,22,25)(H,23,24). The van der Waals surface area contributed by atoms with E-state index in [1.165, 1.54) is 23.5 Å². The molecule has 0 bridgehead atoms. The van der Waals surface area contributed by atoms with E-state index in [1.54, 1.807) is 0 Å². The molecule has 2 aromatic heterocycles. The summed E-state index contributed by atoms with van der Waals surface area (Å²) in [6.45, 7) is 0. The fourth-order valence-electron chi connectivity index (χ4n) is 2.51. The van der Waals surface area contributed by atoms with Crippen LogP contribution in [0, 0.1) is 0 Å². The summed E-state index contributed by atoms with van der Waals surface area (Å²) in [7, 11) is 0. The van der Waals surface area contributed by atoms with Crippen LogP contribution in [0.3, 0.4) is 0 Å². The Morgan fingerprint density at radius 2 is 1.85 bits per heavy atom. The average molecular weight is 375 g/mol. The van der Waals surface area contributed by atoms with Gasteiger partial charge in [-0.2, -0.15) is 13.2 Å². The number of nitrogens with two attached hydrogens (primary N) is 1. The van der Waals surface area contributed by atoms with Crippen molar-refractivity contribution in [1.82, 2.24) is 15.0 Å². The van der Waals surface area contributed by atoms with Gasteiger partial charge < -0.3 is 16.0 Å². The quantitative estimate of drug-likeness (QED) is 0.469. The van der Waals surface area contributed by atoms with Crippen molar-refractivity contribution in [3.63, 3.8) is 0 Å². The van der Waals surface area contributed by atoms with Gasteiger partial charge in [-0.05, 0) is 30.3 Å². The first kappa shape index (κ1) is 16.4. The van der Waals surface area contributed by atoms with Crippen LogP contribution in [-0.2, 0) is 6.18 Å². The molecule has 0 amide bonds. The van der Waals surface area contributed by atoms with E-state index >= 15 is 0 Å². The molecule has 2 aromatic carbocycles. The first-order valence-corrected chi connectivity index (χ1v) is 8.37. The molecule has 9 heteroatoms. The minimum Gasteiger partial charge on any atom is -0.382 e. The molecule has 4 rings (SSSR count). The summed E-state index contributed by atoms with van der Waals surface area (Å²) in [6.07, 6.45) is -4.40. The molecule has 0 atom stereocenters. The van der Waals surface area contributed by atoms with E-state index in [0.29, 0.717) is 15.8 Å². The molecule has 0 spiro atoms. The average Bonchev–Trinajstić information content (AvgIpc) is 3.17. The number of rotatable bonds is 3. The highest BCUT2D eigenvalue weighted by Crippen LogP contribution is 2.36. The number of aromatic amines is 1. The van der Waals surface area contributed by atoms with Crippen LogP contribution in [0.2, 0.25) is 0 Å². The Morgan fingerprint density at radius 3 is 2.62 bits per heavy atom. The number of nitrogens with zero attached hydrogens (tertiary/aromatic N) is 2. The maximum absolute atomic E-state index is 12.8. The van der Waals surface area contributed by atoms with Crippen molar-refractivity contribution in [3.8, 4) is 10.7 Å². The monoisotopic (exact) mass is 375 g/mol. The molecule has 5 nitrogen and oxygen atoms in total. The number of halogens is 3. The topological polar surface area (TPSA) is 79.6 Å². The number of nitrogen functional groups attached to an aromatic ring is 1. The van der Waals surface area contributed by atoms with Crippen molar-refractivity contribution >= 4 is 39.0 Å². The van der Waals surface area contributed by atoms with Crippen LogP contribution in [0.25, 0.3) is 21.7 Å². The largest absolute Gasteiger partial charge is 0.416 e. The number of hydrogen-bond donors (Lipinski definition) is 3. The van der Waals surface area contributed by atoms with Crippen LogP contribution >= 0.6 is 11.3 Å². The molecule has 132 valence electrons. The molecular formula is C17H12F3N5S. The second-order valence-electron chi connectivity index (χ2n) is 5.54. The van der Waals surface area contributed by atoms with E-state index in [1.807, 2.05) is 24.3 Å². The molecule has 0 fully saturated rings. The van der Waals surface area contributed by atoms with Gasteiger partial charge in [0.1, 0.15) is 10.7 Å². The molecule has 0 aliphatic carbocycles. The van der Waals surface area contributed by atoms with E-state index in [4.69, 9.17) is 5.73 Å². The van der Waals surface area contributed by atoms with Gasteiger partial charge in [0, 0.05) is 5.69 Å². The second kappa shape index (κ2) is 6.03. The molecular weight excluding hydrogens is 363 g/mol. The summed E-state index contributed by atoms with van der Waals surface area (Å²) in [5.41, 5.74) is 7.18. The zero-order chi connectivity index (χ0) is 18.3. The van der Waals surface area contributed by atoms with E-state index in [9.17, 15) is 13.2 Å². The molecule has 0 aliphatic heterocycles. The molecule has 0 aliphatic rings. The number of alkyl halides is 3. The lowest BCUT2D eigenvalue weighted by Gasteiger charge is -2.08. The number of hydrogen-bond acceptors (Lipinski definition) is 5. The smallest absolute Gasteiger partial charge is 0.382 e. The fraction of sp³-hybridized carbons (Fsp3) is 0.0588. The van der Waals surface area contributed by atoms with Gasteiger partial charge in [-0.15, -0.1) is 0 Å². The Labute approximate surface area is 149 Å². The molecule has 0 saturated carbocycles. The van der Waals surface area contributed by atoms with E-state index in [-0.39, 0.29) is 11.5 Å². The van der Waals surface area contributed by atoms with Crippen molar-refractivity contribution in [2.45, 2.75) is 6.18 Å². The number of imidazole rings is 1. The Kier molecular flexibility index (Phi) is 3.80. The second-order valence-corrected chi connectivity index (χ2v) is 6.54. The van der Waals surface area contributed by atoms with Gasteiger partial charge in [0.05, 0.1) is 16.6 Å². The van der Waals surface area contributed by atoms with Crippen molar-refractivity contribution in [2.24, 2.45) is 0 Å². The molecule has 4 aromatic rings. The fourth-order valence-corrected chi connectivity index (χ4v) is 3.36. The third kappa shape index (κ3) is 3.08. The number of aromatic nitrogens is 3. The van der Waals surface area contributed by atoms with Crippen LogP contribution in [0.1, 0.15) is 5.56 Å². The number of fused-ring (bicyclic) bond motifs is 1. The van der Waals surface area contributed by atoms with Gasteiger partial charge in [-0.25, -0.2) is 9.97 Å². The lowest BCUT2D eigenvalue weighted by molar-refractivity contribution is -0.137. The number of thiazole rings is 1. The lowest BCUT2D eigenvalue weighted by atomic mass is 10.2. The maximum Gasteiger partial charge on any atom is 0.416 e. The first-order chi connectivity index (χ1) is 12.4. The minimum atomic E-state index is -4.40. The van der Waals surface area contributed by atoms with E-state index in [0.717, 1.165) is 23.2 Å². The van der Waals surface area contributed by atoms with Crippen molar-refractivity contribution < 1.29 is 13.2 Å². The normalized spacial score (nSPS) is 11.8. The van der Waals surface area contributed by atoms with Gasteiger partial charge in [0.15, 0.2) is 11.0 Å². The maximum atomic E-state index is 12.8. The summed E-state index contributed by atoms with van der Waals surface area (Å²) in [4.78, 5) is 12.4. The van der Waals surface area contributed by atoms with Crippen LogP contribution in [0.4, 0.5) is 29.8 Å². The molecule has 2 heterocycles. The van der Waals surface area contributed by atoms with Crippen molar-refractivity contribution in [1.29, 1.82) is 0 Å². The Bertz CT molecular complexity index is 1050. The minimum absolute atomic E-state index is 0.253. The predicted octanol–water partition coefficient (Wildman–Crippen LogP) is 5.03. The molecule has 26 heavy (non-hydrogen) atoms. The summed E-state index contributed by atoms with van der Waals surface area (Å²) in [6, 6.07) is 12.4. The molecule has 4 N–H and O–H groups in total. The van der Waals surface area contributed by atoms with Crippen molar-refractivity contribution in [2.75, 3.05) is 11.1 Å². The number of nitrogens with one attached hydrogen (secondary N) is 2. The summed E-state index contributed by atoms with van der Waals surface area (Å²) in [5, 5.41) is 3.25. The Hall–Kier alpha value is -3.07. The highest BCUT2D eigenvalue weighted by atomic mass is 32.1. The van der Waals surface area contributed by atoms with Crippen LogP contribution in [0.5, 0.6) is 0 Å². The van der Waals surface area contributed by atoms with E-state index in [2.05, 4.69) is 20.3 Å². The SMILES string of the molecule is Nc1nc(Nc2cccc(C(F)(F)F)c2)sc1-c1nc2ccccc2[nH]1. The third-order valence-electron chi connectivity index (χ3n) is 3.70.